The van der Waals surface area contributed by atoms with Crippen molar-refractivity contribution in [1.82, 2.24) is 4.98 Å². The maximum Gasteiger partial charge on any atom is 0.337 e. The summed E-state index contributed by atoms with van der Waals surface area (Å²) in [5.41, 5.74) is 0.815. The third-order valence-corrected chi connectivity index (χ3v) is 3.34. The highest BCUT2D eigenvalue weighted by molar-refractivity contribution is 7.98. The summed E-state index contributed by atoms with van der Waals surface area (Å²) in [6, 6.07) is 3.32. The lowest BCUT2D eigenvalue weighted by molar-refractivity contribution is 0.0695. The van der Waals surface area contributed by atoms with Crippen LogP contribution in [0.5, 0.6) is 0 Å². The molecule has 0 aliphatic carbocycles. The van der Waals surface area contributed by atoms with Gasteiger partial charge in [-0.3, -0.25) is 0 Å². The first-order chi connectivity index (χ1) is 8.65. The predicted octanol–water partition coefficient (Wildman–Crippen LogP) is 3.03. The van der Waals surface area contributed by atoms with Gasteiger partial charge in [-0.15, -0.1) is 0 Å². The lowest BCUT2D eigenvalue weighted by atomic mass is 10.2. The van der Waals surface area contributed by atoms with Crippen LogP contribution in [0.15, 0.2) is 12.1 Å². The number of aromatic nitrogens is 1. The third-order valence-electron chi connectivity index (χ3n) is 2.65. The number of carboxylic acid groups (broad SMARTS) is 1. The molecule has 0 fully saturated rings. The van der Waals surface area contributed by atoms with Crippen LogP contribution in [-0.2, 0) is 0 Å². The number of carbonyl (C=O) groups is 1. The molecule has 0 aliphatic rings. The van der Waals surface area contributed by atoms with Crippen LogP contribution in [0.2, 0.25) is 0 Å². The van der Waals surface area contributed by atoms with E-state index in [9.17, 15) is 4.79 Å². The molecule has 5 heteroatoms. The molecule has 1 aromatic heterocycles. The van der Waals surface area contributed by atoms with Crippen LogP contribution in [0.1, 0.15) is 35.3 Å². The molecule has 0 radical (unpaired) electrons. The topological polar surface area (TPSA) is 62.2 Å². The molecule has 0 atom stereocenters. The minimum Gasteiger partial charge on any atom is -0.478 e. The molecule has 0 bridgehead atoms. The minimum atomic E-state index is -0.927. The summed E-state index contributed by atoms with van der Waals surface area (Å²) in [6.07, 6.45) is 5.68. The smallest absolute Gasteiger partial charge is 0.337 e. The second-order valence-corrected chi connectivity index (χ2v) is 5.10. The largest absolute Gasteiger partial charge is 0.478 e. The summed E-state index contributed by atoms with van der Waals surface area (Å²) >= 11 is 1.87. The van der Waals surface area contributed by atoms with Crippen LogP contribution in [-0.4, -0.2) is 34.6 Å². The van der Waals surface area contributed by atoms with Crippen LogP contribution < -0.4 is 5.32 Å². The van der Waals surface area contributed by atoms with Crippen molar-refractivity contribution in [1.29, 1.82) is 0 Å². The molecule has 2 N–H and O–H groups in total. The van der Waals surface area contributed by atoms with Crippen molar-refractivity contribution in [3.05, 3.63) is 23.4 Å². The normalized spacial score (nSPS) is 10.3. The number of rotatable bonds is 8. The molecular formula is C13H20N2O2S. The van der Waals surface area contributed by atoms with Crippen LogP contribution in [0.25, 0.3) is 0 Å². The molecule has 0 spiro atoms. The predicted molar refractivity (Wildman–Crippen MR) is 76.7 cm³/mol. The number of pyridine rings is 1. The Kier molecular flexibility index (Phi) is 6.57. The van der Waals surface area contributed by atoms with Crippen molar-refractivity contribution in [3.8, 4) is 0 Å². The molecule has 1 heterocycles. The molecular weight excluding hydrogens is 248 g/mol. The summed E-state index contributed by atoms with van der Waals surface area (Å²) < 4.78 is 0. The van der Waals surface area contributed by atoms with Crippen LogP contribution in [0, 0.1) is 6.92 Å². The van der Waals surface area contributed by atoms with E-state index in [0.717, 1.165) is 18.8 Å². The highest BCUT2D eigenvalue weighted by Crippen LogP contribution is 2.11. The van der Waals surface area contributed by atoms with Crippen molar-refractivity contribution in [3.63, 3.8) is 0 Å². The first-order valence-corrected chi connectivity index (χ1v) is 7.48. The van der Waals surface area contributed by atoms with Crippen molar-refractivity contribution in [2.75, 3.05) is 23.9 Å². The molecule has 0 saturated heterocycles. The number of unbranched alkanes of at least 4 members (excludes halogenated alkanes) is 2. The van der Waals surface area contributed by atoms with E-state index in [0.29, 0.717) is 5.69 Å². The monoisotopic (exact) mass is 268 g/mol. The summed E-state index contributed by atoms with van der Waals surface area (Å²) in [5, 5.41) is 12.1. The average molecular weight is 268 g/mol. The Labute approximate surface area is 112 Å². The quantitative estimate of drug-likeness (QED) is 0.710. The van der Waals surface area contributed by atoms with Gasteiger partial charge in [-0.1, -0.05) is 6.42 Å². The Hall–Kier alpha value is -1.23. The number of thioether (sulfide) groups is 1. The zero-order valence-electron chi connectivity index (χ0n) is 10.9. The first kappa shape index (κ1) is 14.8. The van der Waals surface area contributed by atoms with E-state index in [1.54, 1.807) is 19.1 Å². The molecule has 4 nitrogen and oxygen atoms in total. The van der Waals surface area contributed by atoms with Gasteiger partial charge in [0.2, 0.25) is 0 Å². The number of nitrogens with zero attached hydrogens (tertiary/aromatic N) is 1. The van der Waals surface area contributed by atoms with Gasteiger partial charge in [0.15, 0.2) is 0 Å². The third kappa shape index (κ3) is 4.96. The van der Waals surface area contributed by atoms with Crippen molar-refractivity contribution >= 4 is 23.5 Å². The Balaban J connectivity index is 2.35. The molecule has 0 saturated carbocycles. The van der Waals surface area contributed by atoms with Gasteiger partial charge in [-0.25, -0.2) is 9.78 Å². The number of nitrogens with one attached hydrogen (secondary N) is 1. The maximum absolute atomic E-state index is 10.8. The van der Waals surface area contributed by atoms with Crippen molar-refractivity contribution in [2.24, 2.45) is 0 Å². The molecule has 1 aromatic rings. The zero-order chi connectivity index (χ0) is 13.4. The highest BCUT2D eigenvalue weighted by Gasteiger charge is 2.07. The SMILES string of the molecule is CSCCCCCNc1ccc(C(=O)O)c(C)n1. The summed E-state index contributed by atoms with van der Waals surface area (Å²) in [5.74, 6) is 1.04. The summed E-state index contributed by atoms with van der Waals surface area (Å²) in [7, 11) is 0. The zero-order valence-corrected chi connectivity index (χ0v) is 11.7. The van der Waals surface area contributed by atoms with Crippen molar-refractivity contribution in [2.45, 2.75) is 26.2 Å². The van der Waals surface area contributed by atoms with E-state index in [4.69, 9.17) is 5.11 Å². The minimum absolute atomic E-state index is 0.264. The molecule has 0 aromatic carbocycles. The van der Waals surface area contributed by atoms with Gasteiger partial charge >= 0.3 is 5.97 Å². The van der Waals surface area contributed by atoms with Gasteiger partial charge in [-0.2, -0.15) is 11.8 Å². The van der Waals surface area contributed by atoms with E-state index in [-0.39, 0.29) is 5.56 Å². The standard InChI is InChI=1S/C13H20N2O2S/c1-10-11(13(16)17)6-7-12(15-10)14-8-4-3-5-9-18-2/h6-7H,3-5,8-9H2,1-2H3,(H,14,15)(H,16,17). The second kappa shape index (κ2) is 7.97. The molecule has 0 aliphatic heterocycles. The molecule has 18 heavy (non-hydrogen) atoms. The van der Waals surface area contributed by atoms with E-state index in [1.807, 2.05) is 11.8 Å². The lowest BCUT2D eigenvalue weighted by Crippen LogP contribution is -2.07. The molecule has 0 unspecified atom stereocenters. The fourth-order valence-corrected chi connectivity index (χ4v) is 2.14. The summed E-state index contributed by atoms with van der Waals surface area (Å²) in [4.78, 5) is 15.1. The number of hydrogen-bond acceptors (Lipinski definition) is 4. The van der Waals surface area contributed by atoms with Gasteiger partial charge in [0.05, 0.1) is 11.3 Å². The number of anilines is 1. The fraction of sp³-hybridized carbons (Fsp3) is 0.538. The van der Waals surface area contributed by atoms with Gasteiger partial charge in [0.1, 0.15) is 5.82 Å². The Morgan fingerprint density at radius 1 is 1.39 bits per heavy atom. The first-order valence-electron chi connectivity index (χ1n) is 6.09. The molecule has 1 rings (SSSR count). The Morgan fingerprint density at radius 3 is 2.78 bits per heavy atom. The molecule has 0 amide bonds. The van der Waals surface area contributed by atoms with Crippen molar-refractivity contribution < 1.29 is 9.90 Å². The summed E-state index contributed by atoms with van der Waals surface area (Å²) in [6.45, 7) is 2.60. The number of carboxylic acids is 1. The van der Waals surface area contributed by atoms with Gasteiger partial charge in [-0.05, 0) is 43.9 Å². The number of aromatic carboxylic acids is 1. The average Bonchev–Trinajstić information content (AvgIpc) is 2.33. The highest BCUT2D eigenvalue weighted by atomic mass is 32.2. The fourth-order valence-electron chi connectivity index (χ4n) is 1.65. The van der Waals surface area contributed by atoms with E-state index >= 15 is 0 Å². The van der Waals surface area contributed by atoms with E-state index in [2.05, 4.69) is 16.6 Å². The lowest BCUT2D eigenvalue weighted by Gasteiger charge is -2.07. The van der Waals surface area contributed by atoms with E-state index in [1.165, 1.54) is 18.6 Å². The molecule has 100 valence electrons. The maximum atomic E-state index is 10.8. The van der Waals surface area contributed by atoms with Crippen LogP contribution in [0.3, 0.4) is 0 Å². The Morgan fingerprint density at radius 2 is 2.17 bits per heavy atom. The van der Waals surface area contributed by atoms with Gasteiger partial charge < -0.3 is 10.4 Å². The van der Waals surface area contributed by atoms with Crippen LogP contribution >= 0.6 is 11.8 Å². The second-order valence-electron chi connectivity index (χ2n) is 4.11. The Bertz CT molecular complexity index is 397. The number of hydrogen-bond donors (Lipinski definition) is 2. The number of aryl methyl sites for hydroxylation is 1. The van der Waals surface area contributed by atoms with Gasteiger partial charge in [0, 0.05) is 6.54 Å². The van der Waals surface area contributed by atoms with E-state index < -0.39 is 5.97 Å². The van der Waals surface area contributed by atoms with Gasteiger partial charge in [0.25, 0.3) is 0 Å². The van der Waals surface area contributed by atoms with Crippen LogP contribution in [0.4, 0.5) is 5.82 Å².